The highest BCUT2D eigenvalue weighted by molar-refractivity contribution is 6.31. The summed E-state index contributed by atoms with van der Waals surface area (Å²) in [6.07, 6.45) is 4.27. The Morgan fingerprint density at radius 2 is 2.06 bits per heavy atom. The van der Waals surface area contributed by atoms with E-state index in [-0.39, 0.29) is 11.7 Å². The Morgan fingerprint density at radius 1 is 1.38 bits per heavy atom. The van der Waals surface area contributed by atoms with E-state index < -0.39 is 5.92 Å². The van der Waals surface area contributed by atoms with Gasteiger partial charge in [0.1, 0.15) is 5.82 Å². The average molecular weight is 238 g/mol. The maximum atomic E-state index is 13.7. The van der Waals surface area contributed by atoms with Gasteiger partial charge < -0.3 is 0 Å². The Kier molecular flexibility index (Phi) is 3.46. The Balaban J connectivity index is 2.37. The van der Waals surface area contributed by atoms with Crippen molar-refractivity contribution < 1.29 is 4.39 Å². The van der Waals surface area contributed by atoms with Crippen LogP contribution in [-0.4, -0.2) is 0 Å². The van der Waals surface area contributed by atoms with Crippen LogP contribution >= 0.6 is 11.6 Å². The van der Waals surface area contributed by atoms with Gasteiger partial charge in [0.05, 0.1) is 12.0 Å². The van der Waals surface area contributed by atoms with E-state index in [0.717, 1.165) is 25.7 Å². The summed E-state index contributed by atoms with van der Waals surface area (Å²) >= 11 is 5.99. The molecule has 2 rings (SSSR count). The Morgan fingerprint density at radius 3 is 2.62 bits per heavy atom. The van der Waals surface area contributed by atoms with Crippen molar-refractivity contribution in [2.45, 2.75) is 31.6 Å². The zero-order chi connectivity index (χ0) is 11.5. The second-order valence-electron chi connectivity index (χ2n) is 4.29. The first-order chi connectivity index (χ1) is 7.74. The normalized spacial score (nSPS) is 18.3. The predicted octanol–water partition coefficient (Wildman–Crippen LogP) is 4.28. The molecule has 1 aliphatic rings. The molecule has 0 aromatic heterocycles. The first-order valence-corrected chi connectivity index (χ1v) is 5.95. The fourth-order valence-corrected chi connectivity index (χ4v) is 2.78. The lowest BCUT2D eigenvalue weighted by atomic mass is 9.86. The number of hydrogen-bond donors (Lipinski definition) is 0. The summed E-state index contributed by atoms with van der Waals surface area (Å²) in [5.41, 5.74) is 0.388. The minimum atomic E-state index is -0.392. The third kappa shape index (κ3) is 2.05. The molecule has 1 aromatic carbocycles. The fourth-order valence-electron chi connectivity index (χ4n) is 2.50. The zero-order valence-corrected chi connectivity index (χ0v) is 9.67. The highest BCUT2D eigenvalue weighted by Crippen LogP contribution is 2.40. The van der Waals surface area contributed by atoms with Gasteiger partial charge in [-0.05, 0) is 30.9 Å². The van der Waals surface area contributed by atoms with E-state index in [1.54, 1.807) is 12.1 Å². The average Bonchev–Trinajstić information content (AvgIpc) is 2.77. The van der Waals surface area contributed by atoms with E-state index in [9.17, 15) is 9.65 Å². The van der Waals surface area contributed by atoms with Gasteiger partial charge in [-0.3, -0.25) is 0 Å². The molecule has 0 radical (unpaired) electrons. The smallest absolute Gasteiger partial charge is 0.129 e. The molecule has 0 N–H and O–H groups in total. The summed E-state index contributed by atoms with van der Waals surface area (Å²) in [6, 6.07) is 6.82. The maximum absolute atomic E-state index is 13.7. The molecule has 0 spiro atoms. The second kappa shape index (κ2) is 4.84. The van der Waals surface area contributed by atoms with Crippen molar-refractivity contribution in [3.8, 4) is 6.07 Å². The van der Waals surface area contributed by atoms with Gasteiger partial charge in [-0.25, -0.2) is 4.39 Å². The molecule has 1 atom stereocenters. The van der Waals surface area contributed by atoms with Gasteiger partial charge in [0.25, 0.3) is 0 Å². The van der Waals surface area contributed by atoms with Crippen LogP contribution in [0.5, 0.6) is 0 Å². The molecule has 0 aliphatic heterocycles. The number of nitrogens with zero attached hydrogens (tertiary/aromatic N) is 1. The van der Waals surface area contributed by atoms with E-state index in [4.69, 9.17) is 11.6 Å². The topological polar surface area (TPSA) is 23.8 Å². The lowest BCUT2D eigenvalue weighted by Crippen LogP contribution is -2.10. The maximum Gasteiger partial charge on any atom is 0.129 e. The van der Waals surface area contributed by atoms with E-state index in [0.29, 0.717) is 10.6 Å². The molecule has 84 valence electrons. The Bertz CT molecular complexity index is 398. The number of halogens is 2. The van der Waals surface area contributed by atoms with Gasteiger partial charge in [0.2, 0.25) is 0 Å². The second-order valence-corrected chi connectivity index (χ2v) is 4.69. The summed E-state index contributed by atoms with van der Waals surface area (Å²) in [5, 5.41) is 9.59. The summed E-state index contributed by atoms with van der Waals surface area (Å²) < 4.78 is 13.7. The standard InChI is InChI=1S/C13H13ClFN/c14-11-6-3-7-12(15)13(11)10(8-16)9-4-1-2-5-9/h3,6-7,9-10H,1-2,4-5H2. The monoisotopic (exact) mass is 237 g/mol. The highest BCUT2D eigenvalue weighted by Gasteiger charge is 2.29. The van der Waals surface area contributed by atoms with Gasteiger partial charge in [0, 0.05) is 10.6 Å². The zero-order valence-electron chi connectivity index (χ0n) is 8.92. The molecule has 3 heteroatoms. The lowest BCUT2D eigenvalue weighted by molar-refractivity contribution is 0.481. The molecule has 0 bridgehead atoms. The number of benzene rings is 1. The molecule has 0 heterocycles. The molecular formula is C13H13ClFN. The van der Waals surface area contributed by atoms with Gasteiger partial charge in [-0.2, -0.15) is 5.26 Å². The minimum Gasteiger partial charge on any atom is -0.207 e. The summed E-state index contributed by atoms with van der Waals surface area (Å²) in [5.74, 6) is -0.485. The first-order valence-electron chi connectivity index (χ1n) is 5.57. The van der Waals surface area contributed by atoms with Crippen LogP contribution in [0.15, 0.2) is 18.2 Å². The van der Waals surface area contributed by atoms with Crippen molar-refractivity contribution in [2.24, 2.45) is 5.92 Å². The van der Waals surface area contributed by atoms with Gasteiger partial charge >= 0.3 is 0 Å². The van der Waals surface area contributed by atoms with E-state index in [1.165, 1.54) is 6.07 Å². The van der Waals surface area contributed by atoms with E-state index >= 15 is 0 Å². The number of hydrogen-bond acceptors (Lipinski definition) is 1. The largest absolute Gasteiger partial charge is 0.207 e. The number of rotatable bonds is 2. The van der Waals surface area contributed by atoms with Crippen LogP contribution in [0.4, 0.5) is 4.39 Å². The Labute approximate surface area is 99.8 Å². The molecule has 16 heavy (non-hydrogen) atoms. The molecule has 0 saturated heterocycles. The predicted molar refractivity (Wildman–Crippen MR) is 61.7 cm³/mol. The van der Waals surface area contributed by atoms with Crippen molar-refractivity contribution in [1.29, 1.82) is 5.26 Å². The van der Waals surface area contributed by atoms with Crippen molar-refractivity contribution in [3.05, 3.63) is 34.6 Å². The van der Waals surface area contributed by atoms with Gasteiger partial charge in [0.15, 0.2) is 0 Å². The summed E-state index contributed by atoms with van der Waals surface area (Å²) in [4.78, 5) is 0. The van der Waals surface area contributed by atoms with Crippen LogP contribution in [0.2, 0.25) is 5.02 Å². The summed E-state index contributed by atoms with van der Waals surface area (Å²) in [6.45, 7) is 0. The van der Waals surface area contributed by atoms with Crippen molar-refractivity contribution >= 4 is 11.6 Å². The Hall–Kier alpha value is -1.07. The van der Waals surface area contributed by atoms with Crippen LogP contribution in [0.25, 0.3) is 0 Å². The van der Waals surface area contributed by atoms with E-state index in [2.05, 4.69) is 6.07 Å². The molecular weight excluding hydrogens is 225 g/mol. The third-order valence-corrected chi connectivity index (χ3v) is 3.65. The molecule has 1 saturated carbocycles. The van der Waals surface area contributed by atoms with Crippen LogP contribution in [0.3, 0.4) is 0 Å². The molecule has 1 fully saturated rings. The molecule has 1 aromatic rings. The molecule has 1 aliphatic carbocycles. The van der Waals surface area contributed by atoms with Crippen LogP contribution in [-0.2, 0) is 0 Å². The first kappa shape index (κ1) is 11.4. The van der Waals surface area contributed by atoms with Crippen LogP contribution in [0.1, 0.15) is 37.2 Å². The third-order valence-electron chi connectivity index (χ3n) is 3.32. The minimum absolute atomic E-state index is 0.263. The van der Waals surface area contributed by atoms with E-state index in [1.807, 2.05) is 0 Å². The SMILES string of the molecule is N#CC(c1c(F)cccc1Cl)C1CCCC1. The van der Waals surface area contributed by atoms with Crippen LogP contribution < -0.4 is 0 Å². The quantitative estimate of drug-likeness (QED) is 0.753. The number of nitriles is 1. The van der Waals surface area contributed by atoms with Crippen molar-refractivity contribution in [3.63, 3.8) is 0 Å². The molecule has 1 unspecified atom stereocenters. The fraction of sp³-hybridized carbons (Fsp3) is 0.462. The highest BCUT2D eigenvalue weighted by atomic mass is 35.5. The molecule has 0 amide bonds. The van der Waals surface area contributed by atoms with Gasteiger partial charge in [-0.1, -0.05) is 30.5 Å². The van der Waals surface area contributed by atoms with Crippen LogP contribution in [0, 0.1) is 23.1 Å². The molecule has 1 nitrogen and oxygen atoms in total. The summed E-state index contributed by atoms with van der Waals surface area (Å²) in [7, 11) is 0. The van der Waals surface area contributed by atoms with Gasteiger partial charge in [-0.15, -0.1) is 0 Å². The lowest BCUT2D eigenvalue weighted by Gasteiger charge is -2.18. The van der Waals surface area contributed by atoms with Crippen molar-refractivity contribution in [1.82, 2.24) is 0 Å². The van der Waals surface area contributed by atoms with Crippen molar-refractivity contribution in [2.75, 3.05) is 0 Å².